The van der Waals surface area contributed by atoms with E-state index in [1.165, 1.54) is 0 Å². The molecule has 0 spiro atoms. The first kappa shape index (κ1) is 37.2. The summed E-state index contributed by atoms with van der Waals surface area (Å²) in [6, 6.07) is 31.5. The van der Waals surface area contributed by atoms with E-state index in [9.17, 15) is 24.0 Å². The van der Waals surface area contributed by atoms with Crippen LogP contribution in [0.15, 0.2) is 103 Å². The van der Waals surface area contributed by atoms with Gasteiger partial charge >= 0.3 is 11.9 Å². The maximum absolute atomic E-state index is 13.5. The van der Waals surface area contributed by atoms with Crippen LogP contribution in [0.3, 0.4) is 0 Å². The normalized spacial score (nSPS) is 23.3. The van der Waals surface area contributed by atoms with Gasteiger partial charge in [0.1, 0.15) is 12.2 Å². The van der Waals surface area contributed by atoms with Gasteiger partial charge in [-0.3, -0.25) is 24.1 Å². The lowest BCUT2D eigenvalue weighted by molar-refractivity contribution is -0.199. The molecule has 7 rings (SSSR count). The van der Waals surface area contributed by atoms with E-state index in [1.54, 1.807) is 13.8 Å². The van der Waals surface area contributed by atoms with Crippen molar-refractivity contribution in [2.75, 3.05) is 32.8 Å². The molecule has 3 amide bonds. The molecule has 6 atom stereocenters. The van der Waals surface area contributed by atoms with Gasteiger partial charge in [-0.2, -0.15) is 0 Å². The van der Waals surface area contributed by atoms with E-state index in [2.05, 4.69) is 77.7 Å². The molecular weight excluding hydrogens is 686 g/mol. The Morgan fingerprint density at radius 3 is 1.69 bits per heavy atom. The summed E-state index contributed by atoms with van der Waals surface area (Å²) in [4.78, 5) is 73.3. The van der Waals surface area contributed by atoms with E-state index in [4.69, 9.17) is 14.3 Å². The molecule has 3 aromatic carbocycles. The van der Waals surface area contributed by atoms with E-state index in [1.807, 2.05) is 35.3 Å². The van der Waals surface area contributed by atoms with Crippen LogP contribution in [0.25, 0.3) is 0 Å². The van der Waals surface area contributed by atoms with Crippen LogP contribution in [0.5, 0.6) is 0 Å². The number of rotatable bonds is 14. The number of nitrogens with zero attached hydrogens (tertiary/aromatic N) is 3. The topological polar surface area (TPSA) is 123 Å². The zero-order valence-corrected chi connectivity index (χ0v) is 30.8. The quantitative estimate of drug-likeness (QED) is 0.0987. The number of piperazine rings is 1. The molecule has 2 aliphatic carbocycles. The van der Waals surface area contributed by atoms with Gasteiger partial charge in [0.05, 0.1) is 36.8 Å². The van der Waals surface area contributed by atoms with Crippen LogP contribution in [0.2, 0.25) is 0 Å². The summed E-state index contributed by atoms with van der Waals surface area (Å²) in [6.07, 6.45) is 3.24. The highest BCUT2D eigenvalue weighted by molar-refractivity contribution is 6.06. The second kappa shape index (κ2) is 16.1. The van der Waals surface area contributed by atoms with Gasteiger partial charge in [0.2, 0.25) is 0 Å². The highest BCUT2D eigenvalue weighted by Crippen LogP contribution is 2.52. The molecule has 54 heavy (non-hydrogen) atoms. The molecule has 0 N–H and O–H groups in total. The van der Waals surface area contributed by atoms with Crippen molar-refractivity contribution in [2.24, 2.45) is 23.7 Å². The van der Waals surface area contributed by atoms with Crippen molar-refractivity contribution in [2.45, 2.75) is 57.3 Å². The summed E-state index contributed by atoms with van der Waals surface area (Å²) in [5.74, 6) is -3.46. The SMILES string of the molecule is CC(CCOC(C)C(=O)N1CCN(C(c2ccccc2)(c2ccccc2)c2ccccc2)CC1)OC(=O)CCC(=O)ON1C(=O)C2C3C=CC(C3)C2C1=O. The Bertz CT molecular complexity index is 1730. The fourth-order valence-electron chi connectivity index (χ4n) is 8.75. The number of hydrogen-bond acceptors (Lipinski definition) is 9. The molecule has 2 bridgehead atoms. The first-order valence-corrected chi connectivity index (χ1v) is 19.0. The zero-order chi connectivity index (χ0) is 37.8. The Kier molecular flexibility index (Phi) is 11.1. The molecule has 11 heteroatoms. The number of hydrogen-bond donors (Lipinski definition) is 0. The summed E-state index contributed by atoms with van der Waals surface area (Å²) >= 11 is 0. The van der Waals surface area contributed by atoms with Gasteiger partial charge in [0.15, 0.2) is 0 Å². The highest BCUT2D eigenvalue weighted by Gasteiger charge is 2.61. The highest BCUT2D eigenvalue weighted by atomic mass is 16.7. The third kappa shape index (κ3) is 7.22. The molecule has 3 aromatic rings. The fraction of sp³-hybridized carbons (Fsp3) is 0.419. The Morgan fingerprint density at radius 1 is 0.704 bits per heavy atom. The lowest BCUT2D eigenvalue weighted by Gasteiger charge is -2.49. The van der Waals surface area contributed by atoms with Gasteiger partial charge in [-0.25, -0.2) is 4.79 Å². The summed E-state index contributed by atoms with van der Waals surface area (Å²) in [6.45, 7) is 6.04. The summed E-state index contributed by atoms with van der Waals surface area (Å²) in [7, 11) is 0. The van der Waals surface area contributed by atoms with Crippen LogP contribution in [0.1, 0.15) is 56.2 Å². The van der Waals surface area contributed by atoms with Crippen molar-refractivity contribution >= 4 is 29.7 Å². The first-order chi connectivity index (χ1) is 26.2. The van der Waals surface area contributed by atoms with Crippen LogP contribution in [0, 0.1) is 23.7 Å². The Hall–Kier alpha value is -5.13. The van der Waals surface area contributed by atoms with Crippen LogP contribution < -0.4 is 0 Å². The third-order valence-electron chi connectivity index (χ3n) is 11.4. The summed E-state index contributed by atoms with van der Waals surface area (Å²) < 4.78 is 11.3. The molecule has 1 saturated carbocycles. The van der Waals surface area contributed by atoms with Gasteiger partial charge in [-0.15, -0.1) is 5.06 Å². The number of hydroxylamine groups is 2. The van der Waals surface area contributed by atoms with Gasteiger partial charge in [0, 0.05) is 32.6 Å². The molecular formula is C43H47N3O8. The minimum absolute atomic E-state index is 0.00368. The number of esters is 1. The molecule has 3 fully saturated rings. The van der Waals surface area contributed by atoms with Crippen molar-refractivity contribution in [1.29, 1.82) is 0 Å². The van der Waals surface area contributed by atoms with Gasteiger partial charge in [-0.1, -0.05) is 103 Å². The van der Waals surface area contributed by atoms with Crippen molar-refractivity contribution in [3.05, 3.63) is 120 Å². The van der Waals surface area contributed by atoms with Crippen LogP contribution in [0.4, 0.5) is 0 Å². The average molecular weight is 734 g/mol. The van der Waals surface area contributed by atoms with Crippen molar-refractivity contribution in [3.63, 3.8) is 0 Å². The lowest BCUT2D eigenvalue weighted by Crippen LogP contribution is -2.58. The smallest absolute Gasteiger partial charge is 0.333 e. The molecule has 0 radical (unpaired) electrons. The molecule has 4 aliphatic rings. The van der Waals surface area contributed by atoms with Crippen molar-refractivity contribution in [3.8, 4) is 0 Å². The Morgan fingerprint density at radius 2 is 1.19 bits per heavy atom. The number of carbonyl (C=O) groups excluding carboxylic acids is 5. The van der Waals surface area contributed by atoms with E-state index in [0.29, 0.717) is 37.7 Å². The second-order valence-electron chi connectivity index (χ2n) is 14.7. The maximum atomic E-state index is 13.5. The largest absolute Gasteiger partial charge is 0.463 e. The minimum atomic E-state index is -0.844. The van der Waals surface area contributed by atoms with Gasteiger partial charge < -0.3 is 19.2 Å². The average Bonchev–Trinajstić information content (AvgIpc) is 3.89. The van der Waals surface area contributed by atoms with Gasteiger partial charge in [0.25, 0.3) is 17.7 Å². The van der Waals surface area contributed by atoms with Crippen LogP contribution in [-0.2, 0) is 43.8 Å². The van der Waals surface area contributed by atoms with Crippen molar-refractivity contribution in [1.82, 2.24) is 14.9 Å². The number of imide groups is 1. The maximum Gasteiger partial charge on any atom is 0.333 e. The first-order valence-electron chi connectivity index (χ1n) is 19.0. The number of ether oxygens (including phenoxy) is 2. The molecule has 6 unspecified atom stereocenters. The number of carbonyl (C=O) groups is 5. The predicted molar refractivity (Wildman–Crippen MR) is 198 cm³/mol. The van der Waals surface area contributed by atoms with Crippen molar-refractivity contribution < 1.29 is 38.3 Å². The number of amides is 3. The van der Waals surface area contributed by atoms with E-state index >= 15 is 0 Å². The zero-order valence-electron chi connectivity index (χ0n) is 30.8. The lowest BCUT2D eigenvalue weighted by atomic mass is 9.75. The molecule has 2 heterocycles. The van der Waals surface area contributed by atoms with Crippen LogP contribution in [-0.4, -0.2) is 89.5 Å². The minimum Gasteiger partial charge on any atom is -0.463 e. The molecule has 2 saturated heterocycles. The fourth-order valence-corrected chi connectivity index (χ4v) is 8.75. The second-order valence-corrected chi connectivity index (χ2v) is 14.7. The molecule has 282 valence electrons. The molecule has 0 aromatic heterocycles. The summed E-state index contributed by atoms with van der Waals surface area (Å²) in [5, 5.41) is 0.588. The van der Waals surface area contributed by atoms with Crippen LogP contribution >= 0.6 is 0 Å². The monoisotopic (exact) mass is 733 g/mol. The Labute approximate surface area is 315 Å². The number of allylic oxidation sites excluding steroid dienone is 2. The van der Waals surface area contributed by atoms with E-state index in [0.717, 1.165) is 23.1 Å². The van der Waals surface area contributed by atoms with E-state index in [-0.39, 0.29) is 37.2 Å². The van der Waals surface area contributed by atoms with E-state index < -0.39 is 53.3 Å². The molecule has 2 aliphatic heterocycles. The number of fused-ring (bicyclic) bond motifs is 5. The predicted octanol–water partition coefficient (Wildman–Crippen LogP) is 4.90. The Balaban J connectivity index is 0.863. The third-order valence-corrected chi connectivity index (χ3v) is 11.4. The standard InChI is InChI=1S/C43H47N3O8/c1-29(53-36(47)20-21-37(48)54-46-41(50)38-31-18-19-32(28-31)39(38)42(46)51)22-27-52-30(2)40(49)44-23-25-45(26-24-44)43(33-12-6-3-7-13-33,34-14-8-4-9-15-34)35-16-10-5-11-17-35/h3-19,29-32,38-39H,20-28H2,1-2H3. The molecule has 11 nitrogen and oxygen atoms in total. The van der Waals surface area contributed by atoms with Gasteiger partial charge in [-0.05, 0) is 48.8 Å². The summed E-state index contributed by atoms with van der Waals surface area (Å²) in [5.41, 5.74) is 2.94. The number of benzene rings is 3.